The predicted octanol–water partition coefficient (Wildman–Crippen LogP) is 3.60. The van der Waals surface area contributed by atoms with E-state index in [1.807, 2.05) is 6.92 Å². The van der Waals surface area contributed by atoms with Crippen molar-refractivity contribution in [3.05, 3.63) is 47.2 Å². The molecule has 3 aromatic rings. The molecule has 2 aromatic heterocycles. The van der Waals surface area contributed by atoms with E-state index in [0.717, 1.165) is 11.3 Å². The number of thiophene rings is 1. The summed E-state index contributed by atoms with van der Waals surface area (Å²) in [6.07, 6.45) is 1.78. The summed E-state index contributed by atoms with van der Waals surface area (Å²) in [5, 5.41) is 8.41. The van der Waals surface area contributed by atoms with Gasteiger partial charge in [0.2, 0.25) is 17.6 Å². The number of hydrogen-bond donors (Lipinski definition) is 1. The highest BCUT2D eigenvalue weighted by Crippen LogP contribution is 2.31. The van der Waals surface area contributed by atoms with Crippen LogP contribution in [0.15, 0.2) is 44.4 Å². The van der Waals surface area contributed by atoms with Crippen LogP contribution >= 0.6 is 11.3 Å². The van der Waals surface area contributed by atoms with E-state index in [1.165, 1.54) is 11.2 Å². The second-order valence-corrected chi connectivity index (χ2v) is 10.9. The van der Waals surface area contributed by atoms with Gasteiger partial charge in [-0.05, 0) is 50.1 Å². The van der Waals surface area contributed by atoms with Crippen molar-refractivity contribution in [1.29, 1.82) is 0 Å². The van der Waals surface area contributed by atoms with Crippen molar-refractivity contribution < 1.29 is 22.5 Å². The number of piperidine rings is 1. The molecule has 0 bridgehead atoms. The van der Waals surface area contributed by atoms with E-state index in [2.05, 4.69) is 15.5 Å². The molecule has 1 aromatic carbocycles. The predicted molar refractivity (Wildman–Crippen MR) is 124 cm³/mol. The zero-order valence-electron chi connectivity index (χ0n) is 18.3. The molecule has 1 aliphatic heterocycles. The van der Waals surface area contributed by atoms with Crippen LogP contribution in [0.25, 0.3) is 11.4 Å². The molecule has 0 radical (unpaired) electrons. The number of benzene rings is 1. The van der Waals surface area contributed by atoms with Crippen LogP contribution in [0.4, 0.5) is 5.69 Å². The van der Waals surface area contributed by atoms with Gasteiger partial charge >= 0.3 is 0 Å². The van der Waals surface area contributed by atoms with Gasteiger partial charge in [0.25, 0.3) is 10.0 Å². The van der Waals surface area contributed by atoms with Crippen molar-refractivity contribution in [2.45, 2.75) is 37.3 Å². The van der Waals surface area contributed by atoms with Gasteiger partial charge in [-0.1, -0.05) is 12.1 Å². The van der Waals surface area contributed by atoms with E-state index in [1.54, 1.807) is 35.7 Å². The summed E-state index contributed by atoms with van der Waals surface area (Å²) in [6.45, 7) is 3.83. The third kappa shape index (κ3) is 5.05. The molecule has 1 saturated heterocycles. The van der Waals surface area contributed by atoms with Gasteiger partial charge in [0.1, 0.15) is 4.21 Å². The van der Waals surface area contributed by atoms with Crippen molar-refractivity contribution >= 4 is 38.7 Å². The smallest absolute Gasteiger partial charge is 0.252 e. The summed E-state index contributed by atoms with van der Waals surface area (Å²) in [5.74, 6) is 0.0848. The molecule has 1 N–H and O–H groups in total. The summed E-state index contributed by atoms with van der Waals surface area (Å²) in [4.78, 5) is 28.4. The lowest BCUT2D eigenvalue weighted by Gasteiger charge is -2.30. The van der Waals surface area contributed by atoms with Gasteiger partial charge in [0, 0.05) is 41.7 Å². The second kappa shape index (κ2) is 9.54. The Balaban J connectivity index is 1.45. The van der Waals surface area contributed by atoms with Gasteiger partial charge in [-0.15, -0.1) is 11.3 Å². The fourth-order valence-corrected chi connectivity index (χ4v) is 6.45. The maximum Gasteiger partial charge on any atom is 0.252 e. The van der Waals surface area contributed by atoms with Crippen molar-refractivity contribution in [3.63, 3.8) is 0 Å². The van der Waals surface area contributed by atoms with Crippen molar-refractivity contribution in [1.82, 2.24) is 14.4 Å². The maximum atomic E-state index is 13.2. The molecule has 0 aliphatic carbocycles. The van der Waals surface area contributed by atoms with Gasteiger partial charge in [-0.25, -0.2) is 8.42 Å². The van der Waals surface area contributed by atoms with Crippen LogP contribution in [0, 0.1) is 5.92 Å². The van der Waals surface area contributed by atoms with E-state index in [4.69, 9.17) is 4.52 Å². The van der Waals surface area contributed by atoms with Gasteiger partial charge in [0.15, 0.2) is 5.78 Å². The van der Waals surface area contributed by atoms with Crippen LogP contribution in [-0.2, 0) is 21.2 Å². The minimum atomic E-state index is -3.75. The van der Waals surface area contributed by atoms with Crippen LogP contribution in [0.5, 0.6) is 0 Å². The first-order valence-corrected chi connectivity index (χ1v) is 12.9. The molecule has 1 fully saturated rings. The van der Waals surface area contributed by atoms with Gasteiger partial charge in [-0.2, -0.15) is 9.29 Å². The molecular formula is C22H24N4O5S2. The number of amides is 1. The first-order chi connectivity index (χ1) is 15.8. The first kappa shape index (κ1) is 23.3. The molecule has 9 nitrogen and oxygen atoms in total. The Kier molecular flexibility index (Phi) is 6.73. The molecular weight excluding hydrogens is 464 g/mol. The van der Waals surface area contributed by atoms with Crippen molar-refractivity contribution in [2.24, 2.45) is 5.92 Å². The lowest BCUT2D eigenvalue weighted by molar-refractivity contribution is -0.120. The normalized spacial score (nSPS) is 17.1. The number of carbonyl (C=O) groups excluding carboxylic acids is 2. The average Bonchev–Trinajstić information content (AvgIpc) is 3.49. The lowest BCUT2D eigenvalue weighted by atomic mass is 9.98. The lowest BCUT2D eigenvalue weighted by Crippen LogP contribution is -2.43. The number of hydrogen-bond acceptors (Lipinski definition) is 8. The second-order valence-electron chi connectivity index (χ2n) is 7.84. The number of aromatic nitrogens is 2. The van der Waals surface area contributed by atoms with E-state index in [0.29, 0.717) is 54.3 Å². The number of Topliss-reactive ketones (excluding diaryl/α,β-unsaturated/α-hetero) is 1. The third-order valence-electron chi connectivity index (χ3n) is 5.51. The van der Waals surface area contributed by atoms with E-state index in [9.17, 15) is 18.0 Å². The summed E-state index contributed by atoms with van der Waals surface area (Å²) in [6, 6.07) is 8.18. The number of aryl methyl sites for hydroxylation is 1. The minimum Gasteiger partial charge on any atom is -0.339 e. The molecule has 0 spiro atoms. The number of rotatable bonds is 7. The summed E-state index contributed by atoms with van der Waals surface area (Å²) < 4.78 is 33.1. The average molecular weight is 489 g/mol. The molecule has 0 saturated carbocycles. The standard InChI is InChI=1S/C22H24N4O5S2/c1-3-19-24-21(25-31-19)17-11-20(32-13-17)33(29,30)26-10-4-5-16(12-26)22(28)23-18-8-6-15(7-9-18)14(2)27/h6-9,11,13,16H,3-5,10,12H2,1-2H3,(H,23,28)/t16-/m1/s1. The molecule has 0 unspecified atom stereocenters. The molecule has 33 heavy (non-hydrogen) atoms. The highest BCUT2D eigenvalue weighted by Gasteiger charge is 2.34. The third-order valence-corrected chi connectivity index (χ3v) is 8.79. The van der Waals surface area contributed by atoms with Gasteiger partial charge < -0.3 is 9.84 Å². The number of nitrogens with zero attached hydrogens (tertiary/aromatic N) is 3. The molecule has 3 heterocycles. The van der Waals surface area contributed by atoms with Crippen LogP contribution in [-0.4, -0.2) is 47.6 Å². The Hall–Kier alpha value is -2.89. The fraction of sp³-hybridized carbons (Fsp3) is 0.364. The Morgan fingerprint density at radius 3 is 2.70 bits per heavy atom. The molecule has 1 atom stereocenters. The minimum absolute atomic E-state index is 0.0529. The Bertz CT molecular complexity index is 1260. The van der Waals surface area contributed by atoms with E-state index >= 15 is 0 Å². The molecule has 1 amide bonds. The molecule has 1 aliphatic rings. The van der Waals surface area contributed by atoms with Crippen LogP contribution in [0.2, 0.25) is 0 Å². The van der Waals surface area contributed by atoms with Crippen LogP contribution in [0.3, 0.4) is 0 Å². The molecule has 174 valence electrons. The largest absolute Gasteiger partial charge is 0.339 e. The summed E-state index contributed by atoms with van der Waals surface area (Å²) >= 11 is 1.10. The number of ketones is 1. The van der Waals surface area contributed by atoms with Crippen LogP contribution < -0.4 is 5.32 Å². The number of anilines is 1. The maximum absolute atomic E-state index is 13.2. The zero-order chi connectivity index (χ0) is 23.6. The highest BCUT2D eigenvalue weighted by molar-refractivity contribution is 7.91. The van der Waals surface area contributed by atoms with Crippen molar-refractivity contribution in [2.75, 3.05) is 18.4 Å². The number of carbonyl (C=O) groups is 2. The fourth-order valence-electron chi connectivity index (χ4n) is 3.62. The first-order valence-electron chi connectivity index (χ1n) is 10.6. The van der Waals surface area contributed by atoms with Crippen molar-refractivity contribution in [3.8, 4) is 11.4 Å². The van der Waals surface area contributed by atoms with Gasteiger partial charge in [-0.3, -0.25) is 9.59 Å². The topological polar surface area (TPSA) is 122 Å². The monoisotopic (exact) mass is 488 g/mol. The van der Waals surface area contributed by atoms with Crippen LogP contribution in [0.1, 0.15) is 42.9 Å². The number of nitrogens with one attached hydrogen (secondary N) is 1. The molecule has 4 rings (SSSR count). The Morgan fingerprint density at radius 1 is 1.27 bits per heavy atom. The summed E-state index contributed by atoms with van der Waals surface area (Å²) in [5.41, 5.74) is 1.71. The van der Waals surface area contributed by atoms with E-state index in [-0.39, 0.29) is 22.4 Å². The SMILES string of the molecule is CCc1nc(-c2csc(S(=O)(=O)N3CCC[C@@H](C(=O)Nc4ccc(C(C)=O)cc4)C3)c2)no1. The number of sulfonamides is 1. The Morgan fingerprint density at radius 2 is 2.03 bits per heavy atom. The highest BCUT2D eigenvalue weighted by atomic mass is 32.2. The summed E-state index contributed by atoms with van der Waals surface area (Å²) in [7, 11) is -3.75. The quantitative estimate of drug-likeness (QED) is 0.504. The van der Waals surface area contributed by atoms with Gasteiger partial charge in [0.05, 0.1) is 5.92 Å². The molecule has 11 heteroatoms. The van der Waals surface area contributed by atoms with E-state index < -0.39 is 15.9 Å². The Labute approximate surface area is 195 Å². The zero-order valence-corrected chi connectivity index (χ0v) is 19.9.